The Morgan fingerprint density at radius 2 is 2.47 bits per heavy atom. The van der Waals surface area contributed by atoms with Crippen LogP contribution in [-0.2, 0) is 9.53 Å². The van der Waals surface area contributed by atoms with Gasteiger partial charge in [-0.25, -0.2) is 4.98 Å². The van der Waals surface area contributed by atoms with Crippen molar-refractivity contribution in [1.82, 2.24) is 20.1 Å². The van der Waals surface area contributed by atoms with Crippen molar-refractivity contribution in [1.29, 1.82) is 0 Å². The first kappa shape index (κ1) is 14.0. The Hall–Kier alpha value is -1.47. The highest BCUT2D eigenvalue weighted by molar-refractivity contribution is 5.82. The topological polar surface area (TPSA) is 97.1 Å². The molecular weight excluding hydrogens is 246 g/mol. The fraction of sp³-hybridized carbons (Fsp3) is 0.750. The van der Waals surface area contributed by atoms with E-state index >= 15 is 0 Å². The van der Waals surface area contributed by atoms with Crippen LogP contribution < -0.4 is 5.73 Å². The molecule has 1 aliphatic heterocycles. The summed E-state index contributed by atoms with van der Waals surface area (Å²) >= 11 is 0. The second-order valence-corrected chi connectivity index (χ2v) is 4.96. The Morgan fingerprint density at radius 3 is 3.11 bits per heavy atom. The third-order valence-corrected chi connectivity index (χ3v) is 3.38. The molecule has 1 aromatic rings. The van der Waals surface area contributed by atoms with Crippen molar-refractivity contribution in [3.8, 4) is 0 Å². The summed E-state index contributed by atoms with van der Waals surface area (Å²) in [5.74, 6) is 1.72. The molecule has 0 aromatic carbocycles. The number of aromatic amines is 1. The number of hydrogen-bond donors (Lipinski definition) is 2. The van der Waals surface area contributed by atoms with Gasteiger partial charge >= 0.3 is 0 Å². The standard InChI is InChI=1S/C12H21N5O2/c1-8-14-11(16-15-8)9-4-3-5-17(6-9)12(18)10(13)7-19-2/h9-10H,3-7,13H2,1-2H3,(H,14,15,16). The fourth-order valence-electron chi connectivity index (χ4n) is 2.42. The SMILES string of the molecule is COCC(N)C(=O)N1CCCC(c2n[nH]c(C)n2)C1. The molecule has 106 valence electrons. The third-order valence-electron chi connectivity index (χ3n) is 3.38. The van der Waals surface area contributed by atoms with Crippen LogP contribution in [0, 0.1) is 6.92 Å². The van der Waals surface area contributed by atoms with E-state index in [1.54, 1.807) is 12.0 Å². The minimum atomic E-state index is -0.586. The van der Waals surface area contributed by atoms with Gasteiger partial charge in [-0.1, -0.05) is 0 Å². The van der Waals surface area contributed by atoms with Crippen LogP contribution >= 0.6 is 0 Å². The molecule has 1 saturated heterocycles. The maximum absolute atomic E-state index is 12.1. The first-order valence-electron chi connectivity index (χ1n) is 6.54. The Bertz CT molecular complexity index is 434. The lowest BCUT2D eigenvalue weighted by molar-refractivity contribution is -0.135. The van der Waals surface area contributed by atoms with E-state index in [0.29, 0.717) is 6.54 Å². The molecule has 1 fully saturated rings. The maximum atomic E-state index is 12.1. The van der Waals surface area contributed by atoms with Crippen molar-refractivity contribution in [3.63, 3.8) is 0 Å². The van der Waals surface area contributed by atoms with Crippen LogP contribution in [0.1, 0.15) is 30.4 Å². The molecule has 7 heteroatoms. The van der Waals surface area contributed by atoms with Crippen molar-refractivity contribution in [2.75, 3.05) is 26.8 Å². The number of ether oxygens (including phenoxy) is 1. The number of amides is 1. The monoisotopic (exact) mass is 267 g/mol. The van der Waals surface area contributed by atoms with E-state index in [1.807, 2.05) is 6.92 Å². The molecule has 3 N–H and O–H groups in total. The molecule has 0 saturated carbocycles. The molecule has 2 rings (SSSR count). The molecule has 0 radical (unpaired) electrons. The van der Waals surface area contributed by atoms with Crippen LogP contribution in [0.2, 0.25) is 0 Å². The number of nitrogens with zero attached hydrogens (tertiary/aromatic N) is 3. The Balaban J connectivity index is 1.99. The van der Waals surface area contributed by atoms with E-state index in [1.165, 1.54) is 0 Å². The number of methoxy groups -OCH3 is 1. The first-order valence-corrected chi connectivity index (χ1v) is 6.54. The van der Waals surface area contributed by atoms with Gasteiger partial charge in [0, 0.05) is 26.1 Å². The van der Waals surface area contributed by atoms with Crippen molar-refractivity contribution in [3.05, 3.63) is 11.6 Å². The molecule has 0 spiro atoms. The zero-order valence-corrected chi connectivity index (χ0v) is 11.4. The summed E-state index contributed by atoms with van der Waals surface area (Å²) in [6.07, 6.45) is 1.95. The van der Waals surface area contributed by atoms with Crippen LogP contribution in [0.4, 0.5) is 0 Å². The number of H-pyrrole nitrogens is 1. The molecule has 7 nitrogen and oxygen atoms in total. The third kappa shape index (κ3) is 3.30. The average Bonchev–Trinajstić information content (AvgIpc) is 2.85. The minimum Gasteiger partial charge on any atom is -0.383 e. The van der Waals surface area contributed by atoms with Crippen LogP contribution in [0.5, 0.6) is 0 Å². The van der Waals surface area contributed by atoms with E-state index in [9.17, 15) is 4.79 Å². The number of nitrogens with one attached hydrogen (secondary N) is 1. The number of nitrogens with two attached hydrogens (primary N) is 1. The quantitative estimate of drug-likeness (QED) is 0.787. The van der Waals surface area contributed by atoms with Gasteiger partial charge in [-0.05, 0) is 19.8 Å². The zero-order valence-electron chi connectivity index (χ0n) is 11.4. The van der Waals surface area contributed by atoms with Gasteiger partial charge in [0.05, 0.1) is 6.61 Å². The van der Waals surface area contributed by atoms with E-state index in [4.69, 9.17) is 10.5 Å². The number of rotatable bonds is 4. The van der Waals surface area contributed by atoms with Gasteiger partial charge in [-0.3, -0.25) is 9.89 Å². The molecular formula is C12H21N5O2. The molecule has 0 aliphatic carbocycles. The van der Waals surface area contributed by atoms with Gasteiger partial charge in [0.2, 0.25) is 5.91 Å². The summed E-state index contributed by atoms with van der Waals surface area (Å²) in [6, 6.07) is -0.586. The van der Waals surface area contributed by atoms with Gasteiger partial charge in [0.1, 0.15) is 11.9 Å². The number of carbonyl (C=O) groups is 1. The van der Waals surface area contributed by atoms with Crippen LogP contribution in [0.15, 0.2) is 0 Å². The Kier molecular flexibility index (Phi) is 4.49. The fourth-order valence-corrected chi connectivity index (χ4v) is 2.42. The summed E-state index contributed by atoms with van der Waals surface area (Å²) in [7, 11) is 1.54. The summed E-state index contributed by atoms with van der Waals surface area (Å²) < 4.78 is 4.93. The van der Waals surface area contributed by atoms with E-state index in [0.717, 1.165) is 31.0 Å². The van der Waals surface area contributed by atoms with E-state index in [-0.39, 0.29) is 18.4 Å². The highest BCUT2D eigenvalue weighted by atomic mass is 16.5. The molecule has 0 bridgehead atoms. The second-order valence-electron chi connectivity index (χ2n) is 4.96. The molecule has 1 aromatic heterocycles. The maximum Gasteiger partial charge on any atom is 0.241 e. The van der Waals surface area contributed by atoms with E-state index < -0.39 is 6.04 Å². The Labute approximate surface area is 112 Å². The highest BCUT2D eigenvalue weighted by Gasteiger charge is 2.29. The van der Waals surface area contributed by atoms with Crippen LogP contribution in [-0.4, -0.2) is 58.8 Å². The molecule has 1 aliphatic rings. The summed E-state index contributed by atoms with van der Waals surface area (Å²) in [4.78, 5) is 18.3. The average molecular weight is 267 g/mol. The number of aromatic nitrogens is 3. The van der Waals surface area contributed by atoms with Gasteiger partial charge in [-0.15, -0.1) is 0 Å². The lowest BCUT2D eigenvalue weighted by Gasteiger charge is -2.33. The molecule has 1 amide bonds. The number of likely N-dealkylation sites (tertiary alicyclic amines) is 1. The number of piperidine rings is 1. The summed E-state index contributed by atoms with van der Waals surface area (Å²) in [5, 5.41) is 7.03. The summed E-state index contributed by atoms with van der Waals surface area (Å²) in [5.41, 5.74) is 5.79. The van der Waals surface area contributed by atoms with E-state index in [2.05, 4.69) is 15.2 Å². The lowest BCUT2D eigenvalue weighted by Crippen LogP contribution is -2.49. The number of carbonyl (C=O) groups excluding carboxylic acids is 1. The van der Waals surface area contributed by atoms with Crippen molar-refractivity contribution in [2.24, 2.45) is 5.73 Å². The summed E-state index contributed by atoms with van der Waals surface area (Å²) in [6.45, 7) is 3.50. The lowest BCUT2D eigenvalue weighted by atomic mass is 9.97. The van der Waals surface area contributed by atoms with Gasteiger partial charge in [-0.2, -0.15) is 5.10 Å². The normalized spacial score (nSPS) is 21.4. The van der Waals surface area contributed by atoms with Crippen LogP contribution in [0.25, 0.3) is 0 Å². The van der Waals surface area contributed by atoms with Crippen molar-refractivity contribution >= 4 is 5.91 Å². The number of hydrogen-bond acceptors (Lipinski definition) is 5. The van der Waals surface area contributed by atoms with Crippen molar-refractivity contribution < 1.29 is 9.53 Å². The highest BCUT2D eigenvalue weighted by Crippen LogP contribution is 2.24. The second kappa shape index (κ2) is 6.12. The van der Waals surface area contributed by atoms with Gasteiger partial charge < -0.3 is 15.4 Å². The predicted molar refractivity (Wildman–Crippen MR) is 69.5 cm³/mol. The largest absolute Gasteiger partial charge is 0.383 e. The van der Waals surface area contributed by atoms with Gasteiger partial charge in [0.25, 0.3) is 0 Å². The minimum absolute atomic E-state index is 0.0567. The number of aryl methyl sites for hydroxylation is 1. The van der Waals surface area contributed by atoms with Crippen molar-refractivity contribution in [2.45, 2.75) is 31.7 Å². The molecule has 2 heterocycles. The smallest absolute Gasteiger partial charge is 0.241 e. The Morgan fingerprint density at radius 1 is 1.68 bits per heavy atom. The van der Waals surface area contributed by atoms with Gasteiger partial charge in [0.15, 0.2) is 5.82 Å². The first-order chi connectivity index (χ1) is 9.11. The molecule has 2 atom stereocenters. The molecule has 2 unspecified atom stereocenters. The van der Waals surface area contributed by atoms with Crippen LogP contribution in [0.3, 0.4) is 0 Å². The predicted octanol–water partition coefficient (Wildman–Crippen LogP) is -0.207. The zero-order chi connectivity index (χ0) is 13.8. The molecule has 19 heavy (non-hydrogen) atoms.